The third-order valence-corrected chi connectivity index (χ3v) is 6.79. The Morgan fingerprint density at radius 1 is 1.14 bits per heavy atom. The Labute approximate surface area is 245 Å². The van der Waals surface area contributed by atoms with E-state index in [-0.39, 0.29) is 25.5 Å². The molecule has 10 heteroatoms. The number of ether oxygens (including phenoxy) is 2. The molecule has 1 amide bonds. The van der Waals surface area contributed by atoms with Gasteiger partial charge in [-0.15, -0.1) is 0 Å². The van der Waals surface area contributed by atoms with Gasteiger partial charge < -0.3 is 14.6 Å². The normalized spacial score (nSPS) is 17.8. The molecule has 4 rings (SSSR count). The van der Waals surface area contributed by atoms with Gasteiger partial charge in [0.15, 0.2) is 11.6 Å². The van der Waals surface area contributed by atoms with Crippen LogP contribution < -0.4 is 15.6 Å². The van der Waals surface area contributed by atoms with Crippen LogP contribution in [0, 0.1) is 0 Å². The van der Waals surface area contributed by atoms with Crippen LogP contribution in [0.2, 0.25) is 0 Å². The molecule has 0 saturated carbocycles. The number of amides is 1. The molecule has 1 heterocycles. The van der Waals surface area contributed by atoms with E-state index >= 15 is 0 Å². The molecule has 0 radical (unpaired) electrons. The van der Waals surface area contributed by atoms with Gasteiger partial charge in [-0.05, 0) is 52.9 Å². The molecule has 3 aromatic carbocycles. The molecule has 0 bridgehead atoms. The largest absolute Gasteiger partial charge is 0.494 e. The fourth-order valence-corrected chi connectivity index (χ4v) is 4.65. The number of aliphatic hydroxyl groups is 1. The monoisotopic (exact) mass is 568 g/mol. The summed E-state index contributed by atoms with van der Waals surface area (Å²) >= 11 is 0. The summed E-state index contributed by atoms with van der Waals surface area (Å²) in [6.07, 6.45) is 4.71. The molecule has 0 aliphatic carbocycles. The van der Waals surface area contributed by atoms with Crippen LogP contribution in [-0.4, -0.2) is 42.2 Å². The van der Waals surface area contributed by atoms with Crippen LogP contribution in [0.4, 0.5) is 0 Å². The summed E-state index contributed by atoms with van der Waals surface area (Å²) in [6.45, 7) is 3.17. The van der Waals surface area contributed by atoms with Crippen molar-refractivity contribution in [2.75, 3.05) is 19.8 Å². The molecule has 10 nitrogen and oxygen atoms in total. The predicted molar refractivity (Wildman–Crippen MR) is 163 cm³/mol. The molecule has 0 saturated heterocycles. The smallest absolute Gasteiger partial charge is 0.266 e. The highest BCUT2D eigenvalue weighted by Crippen LogP contribution is 2.44. The molecule has 1 aliphatic rings. The zero-order chi connectivity index (χ0) is 29.6. The topological polar surface area (TPSA) is 141 Å². The van der Waals surface area contributed by atoms with Crippen molar-refractivity contribution in [2.45, 2.75) is 44.4 Å². The Hall–Kier alpha value is -4.63. The first-order valence-electron chi connectivity index (χ1n) is 14.1. The van der Waals surface area contributed by atoms with Crippen LogP contribution in [0.5, 0.6) is 5.75 Å². The fraction of sp³-hybridized carbons (Fsp3) is 0.312. The minimum atomic E-state index is -1.37. The molecule has 0 aromatic heterocycles. The van der Waals surface area contributed by atoms with Gasteiger partial charge >= 0.3 is 0 Å². The lowest BCUT2D eigenvalue weighted by Crippen LogP contribution is -2.52. The van der Waals surface area contributed by atoms with E-state index in [0.717, 1.165) is 17.5 Å². The van der Waals surface area contributed by atoms with E-state index in [1.54, 1.807) is 12.1 Å². The van der Waals surface area contributed by atoms with E-state index < -0.39 is 11.6 Å². The minimum absolute atomic E-state index is 0.0568. The second kappa shape index (κ2) is 15.4. The minimum Gasteiger partial charge on any atom is -0.494 e. The summed E-state index contributed by atoms with van der Waals surface area (Å²) in [7, 11) is 0. The quantitative estimate of drug-likeness (QED) is 0.0714. The summed E-state index contributed by atoms with van der Waals surface area (Å²) in [5.74, 6) is 0.635. The van der Waals surface area contributed by atoms with Crippen molar-refractivity contribution in [3.05, 3.63) is 118 Å². The summed E-state index contributed by atoms with van der Waals surface area (Å²) in [5, 5.41) is 12.8. The average Bonchev–Trinajstić information content (AvgIpc) is 3.42. The average molecular weight is 569 g/mol. The molecular formula is C32H36N6O4. The Balaban J connectivity index is 1.77. The van der Waals surface area contributed by atoms with Gasteiger partial charge in [0.2, 0.25) is 5.90 Å². The van der Waals surface area contributed by atoms with Crippen molar-refractivity contribution in [3.63, 3.8) is 0 Å². The highest BCUT2D eigenvalue weighted by molar-refractivity contribution is 6.01. The number of hydrazine groups is 1. The number of azide groups is 1. The molecule has 0 spiro atoms. The lowest BCUT2D eigenvalue weighted by Gasteiger charge is -2.30. The maximum Gasteiger partial charge on any atom is 0.266 e. The standard InChI is InChI=1S/C32H36N6O4/c1-2-20-34-37-31(40)32(19-8-12-24-10-4-3-5-11-24)29(28-14-7-6-13-26(28)23-35-38-33)42-30(36-32)25-15-17-27(18-16-25)41-22-9-21-39/h3-8,10-18,29,34,39H,2,9,19-23H2,1H3,(H,37,40)/b12-8+/t29-,32-/m0/s1. The molecule has 0 unspecified atom stereocenters. The van der Waals surface area contributed by atoms with Crippen LogP contribution in [0.25, 0.3) is 16.5 Å². The molecule has 218 valence electrons. The number of hydrogen-bond acceptors (Lipinski definition) is 7. The van der Waals surface area contributed by atoms with Crippen LogP contribution >= 0.6 is 0 Å². The molecule has 3 N–H and O–H groups in total. The second-order valence-corrected chi connectivity index (χ2v) is 9.77. The molecule has 1 aliphatic heterocycles. The van der Waals surface area contributed by atoms with E-state index in [1.807, 2.05) is 85.8 Å². The van der Waals surface area contributed by atoms with Gasteiger partial charge in [0, 0.05) is 36.5 Å². The summed E-state index contributed by atoms with van der Waals surface area (Å²) in [5.41, 5.74) is 16.6. The zero-order valence-corrected chi connectivity index (χ0v) is 23.6. The SMILES string of the molecule is CCCNNC(=O)[C@@]1(C/C=C/c2ccccc2)N=C(c2ccc(OCCCO)cc2)O[C@H]1c1ccccc1CN=[N+]=[N-]. The molecule has 2 atom stereocenters. The number of nitrogens with one attached hydrogen (secondary N) is 2. The second-order valence-electron chi connectivity index (χ2n) is 9.77. The predicted octanol–water partition coefficient (Wildman–Crippen LogP) is 5.65. The van der Waals surface area contributed by atoms with Gasteiger partial charge in [0.25, 0.3) is 5.91 Å². The molecule has 3 aromatic rings. The summed E-state index contributed by atoms with van der Waals surface area (Å²) < 4.78 is 12.2. The van der Waals surface area contributed by atoms with E-state index in [9.17, 15) is 4.79 Å². The number of carbonyl (C=O) groups excluding carboxylic acids is 1. The molecule has 42 heavy (non-hydrogen) atoms. The van der Waals surface area contributed by atoms with Gasteiger partial charge in [-0.3, -0.25) is 10.2 Å². The first kappa shape index (κ1) is 30.3. The van der Waals surface area contributed by atoms with Crippen molar-refractivity contribution >= 4 is 17.9 Å². The lowest BCUT2D eigenvalue weighted by atomic mass is 9.82. The number of aliphatic hydroxyl groups excluding tert-OH is 1. The van der Waals surface area contributed by atoms with E-state index in [1.165, 1.54) is 0 Å². The summed E-state index contributed by atoms with van der Waals surface area (Å²) in [6, 6.07) is 24.6. The number of hydrogen-bond donors (Lipinski definition) is 3. The van der Waals surface area contributed by atoms with Crippen LogP contribution in [0.15, 0.2) is 95.0 Å². The molecular weight excluding hydrogens is 532 g/mol. The summed E-state index contributed by atoms with van der Waals surface area (Å²) in [4.78, 5) is 22.0. The first-order valence-corrected chi connectivity index (χ1v) is 14.1. The van der Waals surface area contributed by atoms with E-state index in [4.69, 9.17) is 25.1 Å². The Kier molecular flexibility index (Phi) is 11.1. The number of rotatable bonds is 15. The van der Waals surface area contributed by atoms with Crippen molar-refractivity contribution < 1.29 is 19.4 Å². The number of benzene rings is 3. The maximum absolute atomic E-state index is 14.1. The fourth-order valence-electron chi connectivity index (χ4n) is 4.65. The third kappa shape index (κ3) is 7.55. The number of carbonyl (C=O) groups is 1. The van der Waals surface area contributed by atoms with E-state index in [0.29, 0.717) is 42.3 Å². The van der Waals surface area contributed by atoms with Crippen molar-refractivity contribution in [1.29, 1.82) is 0 Å². The van der Waals surface area contributed by atoms with Gasteiger partial charge in [-0.25, -0.2) is 10.4 Å². The van der Waals surface area contributed by atoms with Crippen LogP contribution in [0.3, 0.4) is 0 Å². The van der Waals surface area contributed by atoms with Crippen molar-refractivity contribution in [2.24, 2.45) is 10.1 Å². The zero-order valence-electron chi connectivity index (χ0n) is 23.6. The van der Waals surface area contributed by atoms with Crippen LogP contribution in [-0.2, 0) is 16.1 Å². The number of aliphatic imine (C=N–C) groups is 1. The first-order chi connectivity index (χ1) is 20.6. The Morgan fingerprint density at radius 3 is 2.64 bits per heavy atom. The van der Waals surface area contributed by atoms with Crippen molar-refractivity contribution in [1.82, 2.24) is 10.9 Å². The van der Waals surface area contributed by atoms with Gasteiger partial charge in [-0.1, -0.05) is 78.8 Å². The highest BCUT2D eigenvalue weighted by Gasteiger charge is 2.53. The van der Waals surface area contributed by atoms with Gasteiger partial charge in [0.1, 0.15) is 5.75 Å². The van der Waals surface area contributed by atoms with Gasteiger partial charge in [0.05, 0.1) is 13.2 Å². The number of nitrogens with zero attached hydrogens (tertiary/aromatic N) is 4. The third-order valence-electron chi connectivity index (χ3n) is 6.79. The maximum atomic E-state index is 14.1. The molecule has 0 fully saturated rings. The Morgan fingerprint density at radius 2 is 1.90 bits per heavy atom. The van der Waals surface area contributed by atoms with E-state index in [2.05, 4.69) is 20.9 Å². The van der Waals surface area contributed by atoms with Crippen LogP contribution in [0.1, 0.15) is 54.5 Å². The highest BCUT2D eigenvalue weighted by atomic mass is 16.5. The Bertz CT molecular complexity index is 1420. The van der Waals surface area contributed by atoms with Crippen molar-refractivity contribution in [3.8, 4) is 5.75 Å². The van der Waals surface area contributed by atoms with Gasteiger partial charge in [-0.2, -0.15) is 0 Å². The lowest BCUT2D eigenvalue weighted by molar-refractivity contribution is -0.129.